The Hall–Kier alpha value is -0.870. The molecule has 0 fully saturated rings. The van der Waals surface area contributed by atoms with Gasteiger partial charge in [-0.15, -0.1) is 0 Å². The van der Waals surface area contributed by atoms with Gasteiger partial charge in [0.1, 0.15) is 0 Å². The van der Waals surface area contributed by atoms with Gasteiger partial charge in [0.25, 0.3) is 0 Å². The summed E-state index contributed by atoms with van der Waals surface area (Å²) in [4.78, 5) is 12.0. The molecule has 1 rings (SSSR count). The van der Waals surface area contributed by atoms with Gasteiger partial charge in [-0.3, -0.25) is 4.79 Å². The maximum absolute atomic E-state index is 12.0. The lowest BCUT2D eigenvalue weighted by Gasteiger charge is -2.27. The van der Waals surface area contributed by atoms with Gasteiger partial charge in [-0.2, -0.15) is 0 Å². The molecule has 0 saturated heterocycles. The van der Waals surface area contributed by atoms with Crippen LogP contribution >= 0.6 is 15.9 Å². The summed E-state index contributed by atoms with van der Waals surface area (Å²) in [5.74, 6) is 0.131. The predicted molar refractivity (Wildman–Crippen MR) is 87.6 cm³/mol. The number of hydrogen-bond donors (Lipinski definition) is 2. The minimum Gasteiger partial charge on any atom is -0.354 e. The molecular formula is C16H25BrN2O. The summed E-state index contributed by atoms with van der Waals surface area (Å²) < 4.78 is 1.05. The van der Waals surface area contributed by atoms with E-state index >= 15 is 0 Å². The molecule has 0 saturated carbocycles. The molecule has 4 heteroatoms. The number of hydrogen-bond acceptors (Lipinski definition) is 2. The average molecular weight is 341 g/mol. The maximum Gasteiger partial charge on any atom is 0.237 e. The summed E-state index contributed by atoms with van der Waals surface area (Å²) in [5, 5.41) is 2.98. The molecule has 1 amide bonds. The predicted octanol–water partition coefficient (Wildman–Crippen LogP) is 3.22. The third-order valence-electron chi connectivity index (χ3n) is 3.87. The molecule has 0 radical (unpaired) electrons. The second-order valence-electron chi connectivity index (χ2n) is 6.02. The van der Waals surface area contributed by atoms with Crippen LogP contribution in [0.5, 0.6) is 0 Å². The molecular weight excluding hydrogens is 316 g/mol. The molecule has 112 valence electrons. The highest BCUT2D eigenvalue weighted by atomic mass is 79.9. The van der Waals surface area contributed by atoms with Crippen LogP contribution in [0.1, 0.15) is 39.7 Å². The van der Waals surface area contributed by atoms with Gasteiger partial charge in [0.05, 0.1) is 6.04 Å². The van der Waals surface area contributed by atoms with Crippen LogP contribution in [0.15, 0.2) is 28.7 Å². The van der Waals surface area contributed by atoms with Gasteiger partial charge in [0.15, 0.2) is 0 Å². The van der Waals surface area contributed by atoms with E-state index in [1.54, 1.807) is 0 Å². The smallest absolute Gasteiger partial charge is 0.237 e. The Bertz CT molecular complexity index is 460. The molecule has 3 nitrogen and oxygen atoms in total. The lowest BCUT2D eigenvalue weighted by molar-refractivity contribution is -0.123. The Kier molecular flexibility index (Phi) is 6.21. The molecule has 0 aliphatic carbocycles. The summed E-state index contributed by atoms with van der Waals surface area (Å²) in [5.41, 5.74) is 7.00. The van der Waals surface area contributed by atoms with Crippen LogP contribution in [0.2, 0.25) is 0 Å². The average Bonchev–Trinajstić information content (AvgIpc) is 2.43. The fourth-order valence-corrected chi connectivity index (χ4v) is 2.35. The second kappa shape index (κ2) is 7.23. The van der Waals surface area contributed by atoms with E-state index in [1.807, 2.05) is 26.0 Å². The van der Waals surface area contributed by atoms with E-state index in [4.69, 9.17) is 5.73 Å². The molecule has 1 aromatic carbocycles. The minimum absolute atomic E-state index is 0.0672. The maximum atomic E-state index is 12.0. The van der Waals surface area contributed by atoms with E-state index in [0.717, 1.165) is 10.9 Å². The number of nitrogens with two attached hydrogens (primary N) is 1. The van der Waals surface area contributed by atoms with Crippen LogP contribution in [0.4, 0.5) is 0 Å². The van der Waals surface area contributed by atoms with Gasteiger partial charge in [0, 0.05) is 16.4 Å². The topological polar surface area (TPSA) is 55.1 Å². The first-order chi connectivity index (χ1) is 9.27. The molecule has 0 heterocycles. The Balaban J connectivity index is 2.66. The molecule has 0 aromatic heterocycles. The lowest BCUT2D eigenvalue weighted by atomic mass is 9.84. The van der Waals surface area contributed by atoms with Crippen LogP contribution in [0, 0.1) is 5.92 Å². The number of benzene rings is 1. The first-order valence-corrected chi connectivity index (χ1v) is 7.86. The van der Waals surface area contributed by atoms with Gasteiger partial charge in [0.2, 0.25) is 5.91 Å². The van der Waals surface area contributed by atoms with Crippen LogP contribution in [-0.4, -0.2) is 18.5 Å². The zero-order chi connectivity index (χ0) is 15.3. The standard InChI is InChI=1S/C16H25BrN2O/c1-5-11(2)14(18)15(20)19-10-16(3,4)12-7-6-8-13(17)9-12/h6-9,11,14H,5,10,18H2,1-4H3,(H,19,20). The monoisotopic (exact) mass is 340 g/mol. The minimum atomic E-state index is -0.432. The molecule has 3 N–H and O–H groups in total. The van der Waals surface area contributed by atoms with E-state index < -0.39 is 6.04 Å². The number of halogens is 1. The van der Waals surface area contributed by atoms with Gasteiger partial charge < -0.3 is 11.1 Å². The highest BCUT2D eigenvalue weighted by Crippen LogP contribution is 2.25. The summed E-state index contributed by atoms with van der Waals surface area (Å²) in [6, 6.07) is 7.73. The van der Waals surface area contributed by atoms with Crippen LogP contribution in [0.3, 0.4) is 0 Å². The van der Waals surface area contributed by atoms with E-state index in [-0.39, 0.29) is 17.2 Å². The van der Waals surface area contributed by atoms with Gasteiger partial charge in [-0.05, 0) is 23.6 Å². The second-order valence-corrected chi connectivity index (χ2v) is 6.94. The van der Waals surface area contributed by atoms with Crippen molar-refractivity contribution in [3.05, 3.63) is 34.3 Å². The Labute approximate surface area is 130 Å². The fourth-order valence-electron chi connectivity index (χ4n) is 1.95. The number of amides is 1. The molecule has 20 heavy (non-hydrogen) atoms. The Morgan fingerprint density at radius 1 is 1.45 bits per heavy atom. The zero-order valence-corrected chi connectivity index (χ0v) is 14.3. The molecule has 0 aliphatic heterocycles. The normalized spacial score (nSPS) is 14.7. The third kappa shape index (κ3) is 4.60. The fraction of sp³-hybridized carbons (Fsp3) is 0.562. The van der Waals surface area contributed by atoms with Gasteiger partial charge in [-0.1, -0.05) is 62.2 Å². The Morgan fingerprint density at radius 2 is 2.10 bits per heavy atom. The van der Waals surface area contributed by atoms with Crippen molar-refractivity contribution in [1.82, 2.24) is 5.32 Å². The van der Waals surface area contributed by atoms with Crippen molar-refractivity contribution in [2.75, 3.05) is 6.54 Å². The van der Waals surface area contributed by atoms with Crippen molar-refractivity contribution in [2.45, 2.75) is 45.6 Å². The van der Waals surface area contributed by atoms with Crippen molar-refractivity contribution in [1.29, 1.82) is 0 Å². The zero-order valence-electron chi connectivity index (χ0n) is 12.7. The number of rotatable bonds is 6. The van der Waals surface area contributed by atoms with Crippen LogP contribution < -0.4 is 11.1 Å². The van der Waals surface area contributed by atoms with E-state index in [0.29, 0.717) is 6.54 Å². The quantitative estimate of drug-likeness (QED) is 0.835. The number of carbonyl (C=O) groups excluding carboxylic acids is 1. The molecule has 1 aromatic rings. The van der Waals surface area contributed by atoms with E-state index in [1.165, 1.54) is 5.56 Å². The molecule has 0 aliphatic rings. The van der Waals surface area contributed by atoms with Gasteiger partial charge >= 0.3 is 0 Å². The molecule has 2 atom stereocenters. The van der Waals surface area contributed by atoms with Crippen molar-refractivity contribution in [2.24, 2.45) is 11.7 Å². The summed E-state index contributed by atoms with van der Waals surface area (Å²) in [6.07, 6.45) is 0.906. The SMILES string of the molecule is CCC(C)C(N)C(=O)NCC(C)(C)c1cccc(Br)c1. The first kappa shape index (κ1) is 17.2. The summed E-state index contributed by atoms with van der Waals surface area (Å²) in [6.45, 7) is 8.85. The van der Waals surface area contributed by atoms with Gasteiger partial charge in [-0.25, -0.2) is 0 Å². The number of carbonyl (C=O) groups is 1. The molecule has 0 bridgehead atoms. The van der Waals surface area contributed by atoms with Crippen molar-refractivity contribution >= 4 is 21.8 Å². The molecule has 0 spiro atoms. The summed E-state index contributed by atoms with van der Waals surface area (Å²) in [7, 11) is 0. The van der Waals surface area contributed by atoms with Crippen molar-refractivity contribution in [3.8, 4) is 0 Å². The third-order valence-corrected chi connectivity index (χ3v) is 4.36. The lowest BCUT2D eigenvalue weighted by Crippen LogP contribution is -2.47. The largest absolute Gasteiger partial charge is 0.354 e. The number of nitrogens with one attached hydrogen (secondary N) is 1. The Morgan fingerprint density at radius 3 is 2.65 bits per heavy atom. The van der Waals surface area contributed by atoms with Crippen molar-refractivity contribution < 1.29 is 4.79 Å². The summed E-state index contributed by atoms with van der Waals surface area (Å²) >= 11 is 3.48. The first-order valence-electron chi connectivity index (χ1n) is 7.07. The van der Waals surface area contributed by atoms with E-state index in [2.05, 4.69) is 47.2 Å². The molecule has 2 unspecified atom stereocenters. The highest BCUT2D eigenvalue weighted by Gasteiger charge is 2.24. The van der Waals surface area contributed by atoms with Crippen LogP contribution in [-0.2, 0) is 10.2 Å². The van der Waals surface area contributed by atoms with Crippen molar-refractivity contribution in [3.63, 3.8) is 0 Å². The van der Waals surface area contributed by atoms with E-state index in [9.17, 15) is 4.79 Å². The van der Waals surface area contributed by atoms with Crippen LogP contribution in [0.25, 0.3) is 0 Å². The highest BCUT2D eigenvalue weighted by molar-refractivity contribution is 9.10.